The number of carboxylic acids is 1. The molecule has 0 aliphatic carbocycles. The fourth-order valence-corrected chi connectivity index (χ4v) is 3.08. The number of hydrogen-bond donors (Lipinski definition) is 4. The predicted octanol–water partition coefficient (Wildman–Crippen LogP) is 0.984. The highest BCUT2D eigenvalue weighted by Gasteiger charge is 2.26. The first-order chi connectivity index (χ1) is 13.3. The standard InChI is InChI=1S/C20H20N4O4/c21-18(22)13-3-1-12(2-4-13)10-23-19(27)15-5-6-16-14(9-15)7-8-24(20(16)28)11-17(25)26/h1-6,9H,7-8,10-11H2,(H3,21,22)(H,23,27)(H,25,26). The van der Waals surface area contributed by atoms with E-state index in [9.17, 15) is 14.4 Å². The Hall–Kier alpha value is -3.68. The van der Waals surface area contributed by atoms with Gasteiger partial charge in [-0.3, -0.25) is 19.8 Å². The first-order valence-electron chi connectivity index (χ1n) is 8.70. The van der Waals surface area contributed by atoms with E-state index < -0.39 is 5.97 Å². The van der Waals surface area contributed by atoms with Crippen LogP contribution >= 0.6 is 0 Å². The number of nitrogens with zero attached hydrogens (tertiary/aromatic N) is 1. The van der Waals surface area contributed by atoms with Crippen molar-refractivity contribution in [3.8, 4) is 0 Å². The van der Waals surface area contributed by atoms with Crippen molar-refractivity contribution in [2.75, 3.05) is 13.1 Å². The van der Waals surface area contributed by atoms with Crippen molar-refractivity contribution >= 4 is 23.6 Å². The molecule has 0 unspecified atom stereocenters. The number of amidine groups is 1. The summed E-state index contributed by atoms with van der Waals surface area (Å²) in [5, 5.41) is 19.1. The number of carbonyl (C=O) groups is 3. The van der Waals surface area contributed by atoms with Crippen molar-refractivity contribution in [3.05, 3.63) is 70.3 Å². The molecule has 0 atom stereocenters. The highest BCUT2D eigenvalue weighted by molar-refractivity contribution is 6.00. The van der Waals surface area contributed by atoms with Crippen molar-refractivity contribution in [1.29, 1.82) is 5.41 Å². The number of aliphatic carboxylic acids is 1. The van der Waals surface area contributed by atoms with E-state index in [1.165, 1.54) is 4.90 Å². The Bertz CT molecular complexity index is 953. The lowest BCUT2D eigenvalue weighted by atomic mass is 9.96. The van der Waals surface area contributed by atoms with Crippen molar-refractivity contribution in [2.45, 2.75) is 13.0 Å². The number of carboxylic acid groups (broad SMARTS) is 1. The number of benzene rings is 2. The van der Waals surface area contributed by atoms with E-state index in [0.717, 1.165) is 11.1 Å². The Morgan fingerprint density at radius 2 is 1.82 bits per heavy atom. The van der Waals surface area contributed by atoms with Crippen LogP contribution in [0.1, 0.15) is 37.4 Å². The van der Waals surface area contributed by atoms with Crippen LogP contribution in [0.4, 0.5) is 0 Å². The van der Waals surface area contributed by atoms with E-state index in [1.807, 2.05) is 0 Å². The maximum atomic E-state index is 12.4. The number of carbonyl (C=O) groups excluding carboxylic acids is 2. The third kappa shape index (κ3) is 4.17. The van der Waals surface area contributed by atoms with Crippen LogP contribution in [-0.4, -0.2) is 46.7 Å². The first kappa shape index (κ1) is 19.1. The van der Waals surface area contributed by atoms with E-state index in [4.69, 9.17) is 16.2 Å². The van der Waals surface area contributed by atoms with Gasteiger partial charge >= 0.3 is 5.97 Å². The molecule has 1 aliphatic heterocycles. The summed E-state index contributed by atoms with van der Waals surface area (Å²) >= 11 is 0. The van der Waals surface area contributed by atoms with Gasteiger partial charge in [-0.05, 0) is 35.7 Å². The van der Waals surface area contributed by atoms with Gasteiger partial charge in [-0.2, -0.15) is 0 Å². The van der Waals surface area contributed by atoms with Crippen LogP contribution in [0.2, 0.25) is 0 Å². The Balaban J connectivity index is 1.66. The average molecular weight is 380 g/mol. The molecule has 0 spiro atoms. The lowest BCUT2D eigenvalue weighted by Gasteiger charge is -2.27. The minimum Gasteiger partial charge on any atom is -0.480 e. The molecule has 3 rings (SSSR count). The van der Waals surface area contributed by atoms with Gasteiger partial charge in [-0.25, -0.2) is 0 Å². The summed E-state index contributed by atoms with van der Waals surface area (Å²) < 4.78 is 0. The first-order valence-corrected chi connectivity index (χ1v) is 8.70. The molecule has 0 radical (unpaired) electrons. The molecule has 0 bridgehead atoms. The quantitative estimate of drug-likeness (QED) is 0.437. The van der Waals surface area contributed by atoms with Crippen LogP contribution in [0.25, 0.3) is 0 Å². The molecule has 28 heavy (non-hydrogen) atoms. The van der Waals surface area contributed by atoms with Crippen LogP contribution < -0.4 is 11.1 Å². The van der Waals surface area contributed by atoms with Crippen molar-refractivity contribution in [1.82, 2.24) is 10.2 Å². The molecule has 0 saturated carbocycles. The number of nitrogens with one attached hydrogen (secondary N) is 2. The minimum absolute atomic E-state index is 0.0129. The number of nitrogen functional groups attached to an aromatic ring is 1. The predicted molar refractivity (Wildman–Crippen MR) is 102 cm³/mol. The van der Waals surface area contributed by atoms with Gasteiger partial charge in [0.2, 0.25) is 0 Å². The molecule has 2 aromatic rings. The molecule has 2 amide bonds. The molecule has 2 aromatic carbocycles. The number of hydrogen-bond acceptors (Lipinski definition) is 4. The van der Waals surface area contributed by atoms with Crippen LogP contribution in [0, 0.1) is 5.41 Å². The maximum Gasteiger partial charge on any atom is 0.323 e. The summed E-state index contributed by atoms with van der Waals surface area (Å²) in [5.41, 5.74) is 8.52. The lowest BCUT2D eigenvalue weighted by molar-refractivity contribution is -0.137. The molecule has 0 aromatic heterocycles. The number of amides is 2. The fraction of sp³-hybridized carbons (Fsp3) is 0.200. The second-order valence-corrected chi connectivity index (χ2v) is 6.54. The van der Waals surface area contributed by atoms with Crippen LogP contribution in [0.3, 0.4) is 0 Å². The van der Waals surface area contributed by atoms with Crippen molar-refractivity contribution in [2.24, 2.45) is 5.73 Å². The highest BCUT2D eigenvalue weighted by atomic mass is 16.4. The van der Waals surface area contributed by atoms with E-state index in [-0.39, 0.29) is 24.2 Å². The molecular formula is C20H20N4O4. The van der Waals surface area contributed by atoms with E-state index in [0.29, 0.717) is 36.2 Å². The molecule has 0 saturated heterocycles. The summed E-state index contributed by atoms with van der Waals surface area (Å²) in [6.07, 6.45) is 0.502. The largest absolute Gasteiger partial charge is 0.480 e. The average Bonchev–Trinajstić information content (AvgIpc) is 2.68. The SMILES string of the molecule is N=C(N)c1ccc(CNC(=O)c2ccc3c(c2)CCN(CC(=O)O)C3=O)cc1. The van der Waals surface area contributed by atoms with Gasteiger partial charge in [0.15, 0.2) is 0 Å². The summed E-state index contributed by atoms with van der Waals surface area (Å²) in [6.45, 7) is 0.300. The fourth-order valence-electron chi connectivity index (χ4n) is 3.08. The molecular weight excluding hydrogens is 360 g/mol. The maximum absolute atomic E-state index is 12.4. The monoisotopic (exact) mass is 380 g/mol. The summed E-state index contributed by atoms with van der Waals surface area (Å²) in [7, 11) is 0. The lowest BCUT2D eigenvalue weighted by Crippen LogP contribution is -2.41. The number of fused-ring (bicyclic) bond motifs is 1. The van der Waals surface area contributed by atoms with E-state index >= 15 is 0 Å². The molecule has 5 N–H and O–H groups in total. The van der Waals surface area contributed by atoms with Gasteiger partial charge < -0.3 is 21.1 Å². The molecule has 1 heterocycles. The highest BCUT2D eigenvalue weighted by Crippen LogP contribution is 2.20. The van der Waals surface area contributed by atoms with Crippen molar-refractivity contribution in [3.63, 3.8) is 0 Å². The molecule has 8 heteroatoms. The van der Waals surface area contributed by atoms with Gasteiger partial charge in [0.1, 0.15) is 12.4 Å². The van der Waals surface area contributed by atoms with Crippen LogP contribution in [0.5, 0.6) is 0 Å². The Labute approximate surface area is 161 Å². The zero-order valence-corrected chi connectivity index (χ0v) is 15.1. The topological polar surface area (TPSA) is 137 Å². The van der Waals surface area contributed by atoms with Gasteiger partial charge in [-0.1, -0.05) is 24.3 Å². The van der Waals surface area contributed by atoms with Gasteiger partial charge in [0.05, 0.1) is 0 Å². The van der Waals surface area contributed by atoms with E-state index in [2.05, 4.69) is 5.32 Å². The molecule has 8 nitrogen and oxygen atoms in total. The smallest absolute Gasteiger partial charge is 0.323 e. The Morgan fingerprint density at radius 1 is 1.14 bits per heavy atom. The minimum atomic E-state index is -1.05. The number of nitrogens with two attached hydrogens (primary N) is 1. The molecule has 144 valence electrons. The normalized spacial score (nSPS) is 13.0. The summed E-state index contributed by atoms with van der Waals surface area (Å²) in [6, 6.07) is 11.8. The Morgan fingerprint density at radius 3 is 2.46 bits per heavy atom. The summed E-state index contributed by atoms with van der Waals surface area (Å²) in [4.78, 5) is 36.9. The zero-order valence-electron chi connectivity index (χ0n) is 15.1. The Kier molecular flexibility index (Phi) is 5.39. The van der Waals surface area contributed by atoms with Crippen molar-refractivity contribution < 1.29 is 19.5 Å². The van der Waals surface area contributed by atoms with E-state index in [1.54, 1.807) is 42.5 Å². The van der Waals surface area contributed by atoms with Gasteiger partial charge in [0, 0.05) is 29.8 Å². The zero-order chi connectivity index (χ0) is 20.3. The number of rotatable bonds is 6. The molecule has 0 fully saturated rings. The van der Waals surface area contributed by atoms with Crippen LogP contribution in [-0.2, 0) is 17.8 Å². The van der Waals surface area contributed by atoms with Gasteiger partial charge in [-0.15, -0.1) is 0 Å². The van der Waals surface area contributed by atoms with Crippen LogP contribution in [0.15, 0.2) is 42.5 Å². The molecule has 1 aliphatic rings. The van der Waals surface area contributed by atoms with Gasteiger partial charge in [0.25, 0.3) is 11.8 Å². The summed E-state index contributed by atoms with van der Waals surface area (Å²) in [5.74, 6) is -1.66. The third-order valence-electron chi connectivity index (χ3n) is 4.58. The third-order valence-corrected chi connectivity index (χ3v) is 4.58. The second-order valence-electron chi connectivity index (χ2n) is 6.54. The second kappa shape index (κ2) is 7.91.